The van der Waals surface area contributed by atoms with E-state index in [4.69, 9.17) is 5.73 Å². The van der Waals surface area contributed by atoms with E-state index >= 15 is 0 Å². The second-order valence-electron chi connectivity index (χ2n) is 4.07. The quantitative estimate of drug-likeness (QED) is 0.700. The molecule has 0 saturated carbocycles. The Hall–Kier alpha value is -1.89. The summed E-state index contributed by atoms with van der Waals surface area (Å²) in [5.74, 6) is 0.759. The van der Waals surface area contributed by atoms with Crippen molar-refractivity contribution in [1.29, 1.82) is 0 Å². The first-order chi connectivity index (χ1) is 9.11. The average molecular weight is 280 g/mol. The predicted molar refractivity (Wildman–Crippen MR) is 76.4 cm³/mol. The highest BCUT2D eigenvalue weighted by atomic mass is 32.2. The fraction of sp³-hybridized carbons (Fsp3) is 0.333. The minimum Gasteiger partial charge on any atom is -0.399 e. The number of nitrogen functional groups attached to an aromatic ring is 1. The van der Waals surface area contributed by atoms with Gasteiger partial charge in [0.15, 0.2) is 5.69 Å². The zero-order valence-corrected chi connectivity index (χ0v) is 11.4. The largest absolute Gasteiger partial charge is 0.399 e. The Morgan fingerprint density at radius 2 is 2.32 bits per heavy atom. The third kappa shape index (κ3) is 3.11. The molecule has 0 aliphatic rings. The van der Waals surface area contributed by atoms with Crippen LogP contribution in [-0.2, 0) is 10.8 Å². The fourth-order valence-electron chi connectivity index (χ4n) is 1.71. The molecule has 6 nitrogen and oxygen atoms in total. The Morgan fingerprint density at radius 1 is 1.53 bits per heavy atom. The van der Waals surface area contributed by atoms with E-state index in [0.29, 0.717) is 34.8 Å². The molecule has 0 fully saturated rings. The van der Waals surface area contributed by atoms with Crippen LogP contribution in [0.15, 0.2) is 18.2 Å². The molecule has 1 aromatic carbocycles. The van der Waals surface area contributed by atoms with Gasteiger partial charge >= 0.3 is 0 Å². The van der Waals surface area contributed by atoms with Gasteiger partial charge in [-0.3, -0.25) is 14.1 Å². The molecule has 7 heteroatoms. The molecule has 1 aromatic heterocycles. The normalized spacial score (nSPS) is 12.5. The van der Waals surface area contributed by atoms with E-state index in [1.54, 1.807) is 18.2 Å². The van der Waals surface area contributed by atoms with Crippen molar-refractivity contribution in [2.45, 2.75) is 6.92 Å². The number of hydrogen-bond donors (Lipinski definition) is 3. The van der Waals surface area contributed by atoms with E-state index in [9.17, 15) is 9.00 Å². The molecule has 102 valence electrons. The van der Waals surface area contributed by atoms with Crippen LogP contribution in [-0.4, -0.2) is 38.4 Å². The van der Waals surface area contributed by atoms with Gasteiger partial charge in [0.05, 0.1) is 5.52 Å². The Morgan fingerprint density at radius 3 is 3.05 bits per heavy atom. The number of aromatic nitrogens is 2. The third-order valence-electron chi connectivity index (χ3n) is 2.74. The minimum absolute atomic E-state index is 0.287. The topological polar surface area (TPSA) is 101 Å². The summed E-state index contributed by atoms with van der Waals surface area (Å²) in [5.41, 5.74) is 7.35. The van der Waals surface area contributed by atoms with Crippen molar-refractivity contribution in [3.63, 3.8) is 0 Å². The Labute approximate surface area is 113 Å². The molecule has 1 atom stereocenters. The van der Waals surface area contributed by atoms with Crippen LogP contribution in [0.2, 0.25) is 0 Å². The number of anilines is 1. The first-order valence-electron chi connectivity index (χ1n) is 5.98. The molecule has 1 amide bonds. The molecule has 2 rings (SSSR count). The van der Waals surface area contributed by atoms with Gasteiger partial charge in [0.25, 0.3) is 5.91 Å². The van der Waals surface area contributed by atoms with E-state index in [2.05, 4.69) is 15.5 Å². The van der Waals surface area contributed by atoms with Crippen LogP contribution in [0.5, 0.6) is 0 Å². The van der Waals surface area contributed by atoms with E-state index in [-0.39, 0.29) is 5.91 Å². The van der Waals surface area contributed by atoms with Crippen LogP contribution < -0.4 is 11.1 Å². The van der Waals surface area contributed by atoms with Crippen LogP contribution in [0.1, 0.15) is 17.4 Å². The highest BCUT2D eigenvalue weighted by molar-refractivity contribution is 7.84. The van der Waals surface area contributed by atoms with Crippen molar-refractivity contribution in [3.05, 3.63) is 23.9 Å². The molecule has 0 radical (unpaired) electrons. The van der Waals surface area contributed by atoms with Crippen LogP contribution in [0.3, 0.4) is 0 Å². The van der Waals surface area contributed by atoms with Crippen molar-refractivity contribution >= 4 is 33.3 Å². The van der Waals surface area contributed by atoms with Crippen LogP contribution in [0.25, 0.3) is 10.9 Å². The number of nitrogens with two attached hydrogens (primary N) is 1. The SMILES string of the molecule is CCS(=O)CCNC(=O)c1n[nH]c2ccc(N)cc12. The van der Waals surface area contributed by atoms with Crippen molar-refractivity contribution in [2.24, 2.45) is 0 Å². The first-order valence-corrected chi connectivity index (χ1v) is 7.47. The van der Waals surface area contributed by atoms with Gasteiger partial charge in [0, 0.05) is 39.9 Å². The molecule has 0 aliphatic carbocycles. The van der Waals surface area contributed by atoms with Crippen LogP contribution >= 0.6 is 0 Å². The second-order valence-corrected chi connectivity index (χ2v) is 5.93. The molecule has 0 spiro atoms. The Bertz CT molecular complexity index is 623. The third-order valence-corrected chi connectivity index (χ3v) is 4.04. The van der Waals surface area contributed by atoms with Gasteiger partial charge in [-0.1, -0.05) is 6.92 Å². The maximum absolute atomic E-state index is 12.0. The summed E-state index contributed by atoms with van der Waals surface area (Å²) in [7, 11) is -0.884. The number of nitrogens with zero attached hydrogens (tertiary/aromatic N) is 1. The lowest BCUT2D eigenvalue weighted by Gasteiger charge is -2.02. The number of aromatic amines is 1. The molecule has 19 heavy (non-hydrogen) atoms. The number of benzene rings is 1. The molecular formula is C12H16N4O2S. The predicted octanol–water partition coefficient (Wildman–Crippen LogP) is 0.643. The van der Waals surface area contributed by atoms with Crippen LogP contribution in [0, 0.1) is 0 Å². The smallest absolute Gasteiger partial charge is 0.272 e. The summed E-state index contributed by atoms with van der Waals surface area (Å²) in [6, 6.07) is 5.23. The van der Waals surface area contributed by atoms with Crippen molar-refractivity contribution in [1.82, 2.24) is 15.5 Å². The molecule has 0 aliphatic heterocycles. The highest BCUT2D eigenvalue weighted by Gasteiger charge is 2.13. The summed E-state index contributed by atoms with van der Waals surface area (Å²) >= 11 is 0. The van der Waals surface area contributed by atoms with Gasteiger partial charge in [0.1, 0.15) is 0 Å². The van der Waals surface area contributed by atoms with Gasteiger partial charge in [0.2, 0.25) is 0 Å². The molecule has 0 saturated heterocycles. The highest BCUT2D eigenvalue weighted by Crippen LogP contribution is 2.18. The van der Waals surface area contributed by atoms with E-state index in [1.165, 1.54) is 0 Å². The Balaban J connectivity index is 2.09. The van der Waals surface area contributed by atoms with E-state index < -0.39 is 10.8 Å². The standard InChI is InChI=1S/C12H16N4O2S/c1-2-19(18)6-5-14-12(17)11-9-7-8(13)3-4-10(9)15-16-11/h3-4,7H,2,5-6,13H2,1H3,(H,14,17)(H,15,16). The molecule has 1 unspecified atom stereocenters. The number of H-pyrrole nitrogens is 1. The maximum atomic E-state index is 12.0. The Kier molecular flexibility index (Phi) is 4.16. The monoisotopic (exact) mass is 280 g/mol. The molecule has 2 aromatic rings. The van der Waals surface area contributed by atoms with Crippen molar-refractivity contribution in [3.8, 4) is 0 Å². The summed E-state index contributed by atoms with van der Waals surface area (Å²) in [5, 5.41) is 10.2. The van der Waals surface area contributed by atoms with Crippen LogP contribution in [0.4, 0.5) is 5.69 Å². The first kappa shape index (κ1) is 13.5. The zero-order chi connectivity index (χ0) is 13.8. The average Bonchev–Trinajstić information content (AvgIpc) is 2.81. The van der Waals surface area contributed by atoms with Gasteiger partial charge < -0.3 is 11.1 Å². The lowest BCUT2D eigenvalue weighted by atomic mass is 10.2. The minimum atomic E-state index is -0.884. The summed E-state index contributed by atoms with van der Waals surface area (Å²) in [6.07, 6.45) is 0. The number of carbonyl (C=O) groups excluding carboxylic acids is 1. The molecule has 1 heterocycles. The van der Waals surface area contributed by atoms with E-state index in [1.807, 2.05) is 6.92 Å². The summed E-state index contributed by atoms with van der Waals surface area (Å²) in [4.78, 5) is 12.0. The summed E-state index contributed by atoms with van der Waals surface area (Å²) < 4.78 is 11.3. The lowest BCUT2D eigenvalue weighted by molar-refractivity contribution is 0.0953. The fourth-order valence-corrected chi connectivity index (χ4v) is 2.33. The number of amides is 1. The summed E-state index contributed by atoms with van der Waals surface area (Å²) in [6.45, 7) is 2.22. The molecule has 4 N–H and O–H groups in total. The second kappa shape index (κ2) is 5.83. The van der Waals surface area contributed by atoms with Gasteiger partial charge in [-0.15, -0.1) is 0 Å². The van der Waals surface area contributed by atoms with Gasteiger partial charge in [-0.25, -0.2) is 0 Å². The zero-order valence-electron chi connectivity index (χ0n) is 10.6. The van der Waals surface area contributed by atoms with Crippen molar-refractivity contribution < 1.29 is 9.00 Å². The number of carbonyl (C=O) groups is 1. The van der Waals surface area contributed by atoms with E-state index in [0.717, 1.165) is 5.52 Å². The van der Waals surface area contributed by atoms with Crippen molar-refractivity contribution in [2.75, 3.05) is 23.8 Å². The molecule has 0 bridgehead atoms. The lowest BCUT2D eigenvalue weighted by Crippen LogP contribution is -2.28. The number of nitrogens with one attached hydrogen (secondary N) is 2. The van der Waals surface area contributed by atoms with Gasteiger partial charge in [-0.05, 0) is 18.2 Å². The molecular weight excluding hydrogens is 264 g/mol. The number of rotatable bonds is 5. The maximum Gasteiger partial charge on any atom is 0.272 e. The van der Waals surface area contributed by atoms with Gasteiger partial charge in [-0.2, -0.15) is 5.10 Å². The number of fused-ring (bicyclic) bond motifs is 1. The number of hydrogen-bond acceptors (Lipinski definition) is 4.